The van der Waals surface area contributed by atoms with Gasteiger partial charge in [0, 0.05) is 12.0 Å². The summed E-state index contributed by atoms with van der Waals surface area (Å²) in [6, 6.07) is 16.4. The van der Waals surface area contributed by atoms with Gasteiger partial charge in [-0.3, -0.25) is 9.59 Å². The number of hydrazone groups is 1. The first kappa shape index (κ1) is 16.4. The fourth-order valence-corrected chi connectivity index (χ4v) is 2.01. The molecule has 2 rings (SSSR count). The molecule has 0 aliphatic rings. The van der Waals surface area contributed by atoms with Gasteiger partial charge in [0.1, 0.15) is 0 Å². The average molecular weight is 310 g/mol. The van der Waals surface area contributed by atoms with Crippen molar-refractivity contribution in [3.8, 4) is 0 Å². The van der Waals surface area contributed by atoms with E-state index in [1.165, 1.54) is 0 Å². The van der Waals surface area contributed by atoms with Gasteiger partial charge >= 0.3 is 5.97 Å². The van der Waals surface area contributed by atoms with E-state index in [1.54, 1.807) is 12.1 Å². The predicted molar refractivity (Wildman–Crippen MR) is 88.5 cm³/mol. The normalized spacial score (nSPS) is 11.1. The molecule has 0 spiro atoms. The molecule has 2 aromatic carbocycles. The van der Waals surface area contributed by atoms with Crippen molar-refractivity contribution < 1.29 is 14.7 Å². The largest absolute Gasteiger partial charge is 0.481 e. The topological polar surface area (TPSA) is 78.8 Å². The summed E-state index contributed by atoms with van der Waals surface area (Å²) < 4.78 is 0. The lowest BCUT2D eigenvalue weighted by Crippen LogP contribution is -2.20. The van der Waals surface area contributed by atoms with Gasteiger partial charge in [-0.05, 0) is 24.6 Å². The molecular weight excluding hydrogens is 292 g/mol. The highest BCUT2D eigenvalue weighted by molar-refractivity contribution is 6.03. The number of benzene rings is 2. The number of rotatable bonds is 6. The summed E-state index contributed by atoms with van der Waals surface area (Å²) in [6.45, 7) is 1.94. The van der Waals surface area contributed by atoms with Gasteiger partial charge in [0.25, 0.3) is 5.91 Å². The first-order valence-electron chi connectivity index (χ1n) is 7.27. The standard InChI is InChI=1S/C18H18N2O3/c1-13-7-9-15(10-8-13)18(23)20-19-16(11-12-17(21)22)14-5-3-2-4-6-14/h2-10H,11-12H2,1H3,(H,20,23)(H,21,22)/b19-16-. The zero-order valence-electron chi connectivity index (χ0n) is 12.8. The molecule has 118 valence electrons. The Morgan fingerprint density at radius 3 is 2.22 bits per heavy atom. The highest BCUT2D eigenvalue weighted by Gasteiger charge is 2.09. The monoisotopic (exact) mass is 310 g/mol. The summed E-state index contributed by atoms with van der Waals surface area (Å²) >= 11 is 0. The predicted octanol–water partition coefficient (Wildman–Crippen LogP) is 2.99. The third kappa shape index (κ3) is 5.07. The Morgan fingerprint density at radius 1 is 0.957 bits per heavy atom. The molecule has 0 aliphatic carbocycles. The number of aryl methyl sites for hydroxylation is 1. The van der Waals surface area contributed by atoms with Gasteiger partial charge in [-0.15, -0.1) is 0 Å². The summed E-state index contributed by atoms with van der Waals surface area (Å²) in [5.41, 5.74) is 5.39. The molecule has 0 bridgehead atoms. The summed E-state index contributed by atoms with van der Waals surface area (Å²) in [6.07, 6.45) is 0.196. The van der Waals surface area contributed by atoms with Crippen LogP contribution in [-0.4, -0.2) is 22.7 Å². The van der Waals surface area contributed by atoms with E-state index in [4.69, 9.17) is 5.11 Å². The molecule has 5 nitrogen and oxygen atoms in total. The molecule has 0 heterocycles. The second-order valence-corrected chi connectivity index (χ2v) is 5.13. The molecule has 0 fully saturated rings. The van der Waals surface area contributed by atoms with Gasteiger partial charge in [0.2, 0.25) is 0 Å². The van der Waals surface area contributed by atoms with Gasteiger partial charge in [0.15, 0.2) is 0 Å². The van der Waals surface area contributed by atoms with Crippen LogP contribution in [0.2, 0.25) is 0 Å². The fourth-order valence-electron chi connectivity index (χ4n) is 2.01. The van der Waals surface area contributed by atoms with Crippen LogP contribution in [0, 0.1) is 6.92 Å². The third-order valence-electron chi connectivity index (χ3n) is 3.29. The molecule has 0 saturated heterocycles. The Bertz CT molecular complexity index is 707. The first-order valence-corrected chi connectivity index (χ1v) is 7.27. The van der Waals surface area contributed by atoms with Gasteiger partial charge in [-0.25, -0.2) is 5.43 Å². The SMILES string of the molecule is Cc1ccc(C(=O)N/N=C(/CCC(=O)O)c2ccccc2)cc1. The Balaban J connectivity index is 2.14. The Hall–Kier alpha value is -2.95. The minimum atomic E-state index is -0.904. The Morgan fingerprint density at radius 2 is 1.61 bits per heavy atom. The summed E-state index contributed by atoms with van der Waals surface area (Å²) in [5, 5.41) is 13.0. The van der Waals surface area contributed by atoms with E-state index in [9.17, 15) is 9.59 Å². The van der Waals surface area contributed by atoms with E-state index in [-0.39, 0.29) is 18.7 Å². The van der Waals surface area contributed by atoms with E-state index in [0.717, 1.165) is 11.1 Å². The second-order valence-electron chi connectivity index (χ2n) is 5.13. The van der Waals surface area contributed by atoms with Crippen molar-refractivity contribution in [1.29, 1.82) is 0 Å². The zero-order chi connectivity index (χ0) is 16.7. The van der Waals surface area contributed by atoms with Crippen LogP contribution in [0.4, 0.5) is 0 Å². The smallest absolute Gasteiger partial charge is 0.303 e. The second kappa shape index (κ2) is 7.89. The van der Waals surface area contributed by atoms with Gasteiger partial charge in [0.05, 0.1) is 12.1 Å². The maximum Gasteiger partial charge on any atom is 0.303 e. The summed E-state index contributed by atoms with van der Waals surface area (Å²) in [5.74, 6) is -1.23. The van der Waals surface area contributed by atoms with Gasteiger partial charge in [-0.1, -0.05) is 48.0 Å². The lowest BCUT2D eigenvalue weighted by molar-refractivity contribution is -0.136. The van der Waals surface area contributed by atoms with Crippen LogP contribution in [0.15, 0.2) is 59.7 Å². The molecule has 0 saturated carbocycles. The van der Waals surface area contributed by atoms with Gasteiger partial charge in [-0.2, -0.15) is 5.10 Å². The van der Waals surface area contributed by atoms with Crippen LogP contribution < -0.4 is 5.43 Å². The maximum absolute atomic E-state index is 12.1. The van der Waals surface area contributed by atoms with Crippen LogP contribution in [0.25, 0.3) is 0 Å². The van der Waals surface area contributed by atoms with E-state index >= 15 is 0 Å². The number of carbonyl (C=O) groups is 2. The number of amides is 1. The lowest BCUT2D eigenvalue weighted by Gasteiger charge is -2.07. The van der Waals surface area contributed by atoms with Crippen LogP contribution >= 0.6 is 0 Å². The first-order chi connectivity index (χ1) is 11.1. The number of aliphatic carboxylic acids is 1. The van der Waals surface area contributed by atoms with E-state index in [2.05, 4.69) is 10.5 Å². The molecule has 0 radical (unpaired) electrons. The molecule has 0 atom stereocenters. The van der Waals surface area contributed by atoms with Crippen molar-refractivity contribution in [3.63, 3.8) is 0 Å². The fraction of sp³-hybridized carbons (Fsp3) is 0.167. The van der Waals surface area contributed by atoms with Crippen LogP contribution in [0.3, 0.4) is 0 Å². The highest BCUT2D eigenvalue weighted by atomic mass is 16.4. The van der Waals surface area contributed by atoms with Crippen LogP contribution in [0.5, 0.6) is 0 Å². The molecule has 5 heteroatoms. The molecule has 0 aliphatic heterocycles. The van der Waals surface area contributed by atoms with E-state index in [0.29, 0.717) is 11.3 Å². The van der Waals surface area contributed by atoms with Crippen molar-refractivity contribution in [3.05, 3.63) is 71.3 Å². The molecule has 0 unspecified atom stereocenters. The maximum atomic E-state index is 12.1. The molecule has 1 amide bonds. The summed E-state index contributed by atoms with van der Waals surface area (Å²) in [4.78, 5) is 22.9. The minimum absolute atomic E-state index is 0.0475. The van der Waals surface area contributed by atoms with Crippen LogP contribution in [0.1, 0.15) is 34.3 Å². The average Bonchev–Trinajstić information content (AvgIpc) is 2.56. The van der Waals surface area contributed by atoms with Crippen molar-refractivity contribution in [2.75, 3.05) is 0 Å². The van der Waals surface area contributed by atoms with E-state index in [1.807, 2.05) is 49.4 Å². The number of nitrogens with zero attached hydrogens (tertiary/aromatic N) is 1. The number of hydrogen-bond donors (Lipinski definition) is 2. The third-order valence-corrected chi connectivity index (χ3v) is 3.29. The van der Waals surface area contributed by atoms with Crippen molar-refractivity contribution in [1.82, 2.24) is 5.43 Å². The number of carbonyl (C=O) groups excluding carboxylic acids is 1. The number of carboxylic acid groups (broad SMARTS) is 1. The van der Waals surface area contributed by atoms with Crippen LogP contribution in [-0.2, 0) is 4.79 Å². The van der Waals surface area contributed by atoms with E-state index < -0.39 is 5.97 Å². The van der Waals surface area contributed by atoms with Crippen molar-refractivity contribution in [2.24, 2.45) is 5.10 Å². The quantitative estimate of drug-likeness (QED) is 0.636. The number of hydrogen-bond acceptors (Lipinski definition) is 3. The van der Waals surface area contributed by atoms with Crippen molar-refractivity contribution >= 4 is 17.6 Å². The molecule has 2 aromatic rings. The molecule has 2 N–H and O–H groups in total. The minimum Gasteiger partial charge on any atom is -0.481 e. The Labute approximate surface area is 134 Å². The summed E-state index contributed by atoms with van der Waals surface area (Å²) in [7, 11) is 0. The number of carboxylic acids is 1. The highest BCUT2D eigenvalue weighted by Crippen LogP contribution is 2.07. The lowest BCUT2D eigenvalue weighted by atomic mass is 10.1. The van der Waals surface area contributed by atoms with Crippen molar-refractivity contribution in [2.45, 2.75) is 19.8 Å². The zero-order valence-corrected chi connectivity index (χ0v) is 12.8. The molecule has 0 aromatic heterocycles. The molecular formula is C18H18N2O3. The van der Waals surface area contributed by atoms with Gasteiger partial charge < -0.3 is 5.11 Å². The number of nitrogens with one attached hydrogen (secondary N) is 1. The molecule has 23 heavy (non-hydrogen) atoms. The Kier molecular flexibility index (Phi) is 5.63.